The third kappa shape index (κ3) is 2.61. The van der Waals surface area contributed by atoms with Gasteiger partial charge in [-0.15, -0.1) is 0 Å². The second kappa shape index (κ2) is 4.66. The van der Waals surface area contributed by atoms with Crippen LogP contribution in [0.5, 0.6) is 0 Å². The molecule has 2 rings (SSSR count). The molecule has 0 aliphatic rings. The summed E-state index contributed by atoms with van der Waals surface area (Å²) in [6.45, 7) is 4.20. The smallest absolute Gasteiger partial charge is 0.223 e. The van der Waals surface area contributed by atoms with Gasteiger partial charge in [-0.3, -0.25) is 0 Å². The van der Waals surface area contributed by atoms with Gasteiger partial charge in [-0.1, -0.05) is 11.2 Å². The second-order valence-corrected chi connectivity index (χ2v) is 3.72. The fraction of sp³-hybridized carbons (Fsp3) is 0.250. The molecule has 0 radical (unpaired) electrons. The van der Waals surface area contributed by atoms with Crippen molar-refractivity contribution in [1.29, 1.82) is 5.26 Å². The molecule has 0 bridgehead atoms. The number of nitrogens with one attached hydrogen (secondary N) is 1. The molecule has 0 saturated heterocycles. The van der Waals surface area contributed by atoms with E-state index < -0.39 is 0 Å². The summed E-state index contributed by atoms with van der Waals surface area (Å²) in [6.07, 6.45) is 0. The molecule has 0 saturated carbocycles. The van der Waals surface area contributed by atoms with Crippen LogP contribution >= 0.6 is 0 Å². The maximum Gasteiger partial charge on any atom is 0.223 e. The summed E-state index contributed by atoms with van der Waals surface area (Å²) in [5.41, 5.74) is 2.61. The lowest BCUT2D eigenvalue weighted by Gasteiger charge is -2.07. The number of nitriles is 1. The summed E-state index contributed by atoms with van der Waals surface area (Å²) in [5.74, 6) is 1.15. The van der Waals surface area contributed by atoms with Gasteiger partial charge in [-0.25, -0.2) is 0 Å². The highest BCUT2D eigenvalue weighted by Crippen LogP contribution is 2.16. The van der Waals surface area contributed by atoms with Gasteiger partial charge < -0.3 is 9.84 Å². The molecule has 2 aromatic rings. The molecule has 1 heterocycles. The van der Waals surface area contributed by atoms with E-state index >= 15 is 0 Å². The molecule has 0 fully saturated rings. The Balaban J connectivity index is 2.11. The third-order valence-corrected chi connectivity index (χ3v) is 2.37. The van der Waals surface area contributed by atoms with E-state index in [1.807, 2.05) is 19.1 Å². The van der Waals surface area contributed by atoms with Gasteiger partial charge in [-0.05, 0) is 24.6 Å². The van der Waals surface area contributed by atoms with E-state index in [2.05, 4.69) is 21.5 Å². The zero-order valence-corrected chi connectivity index (χ0v) is 9.69. The van der Waals surface area contributed by atoms with Crippen molar-refractivity contribution in [2.75, 3.05) is 5.32 Å². The predicted molar refractivity (Wildman–Crippen MR) is 62.3 cm³/mol. The van der Waals surface area contributed by atoms with Crippen LogP contribution < -0.4 is 5.32 Å². The van der Waals surface area contributed by atoms with Crippen molar-refractivity contribution < 1.29 is 4.52 Å². The summed E-state index contributed by atoms with van der Waals surface area (Å²) < 4.78 is 4.87. The maximum atomic E-state index is 8.82. The number of hydrogen-bond donors (Lipinski definition) is 1. The Bertz CT molecular complexity index is 568. The largest absolute Gasteiger partial charge is 0.377 e. The third-order valence-electron chi connectivity index (χ3n) is 2.37. The van der Waals surface area contributed by atoms with E-state index in [4.69, 9.17) is 9.78 Å². The highest BCUT2D eigenvalue weighted by molar-refractivity contribution is 5.55. The highest BCUT2D eigenvalue weighted by atomic mass is 16.5. The van der Waals surface area contributed by atoms with E-state index in [-0.39, 0.29) is 0 Å². The van der Waals surface area contributed by atoms with Crippen LogP contribution in [0.2, 0.25) is 0 Å². The lowest BCUT2D eigenvalue weighted by atomic mass is 10.1. The van der Waals surface area contributed by atoms with E-state index in [1.165, 1.54) is 0 Å². The molecule has 0 atom stereocenters. The monoisotopic (exact) mass is 228 g/mol. The van der Waals surface area contributed by atoms with Gasteiger partial charge in [-0.2, -0.15) is 10.2 Å². The Labute approximate surface area is 99.1 Å². The van der Waals surface area contributed by atoms with Crippen molar-refractivity contribution in [3.8, 4) is 6.07 Å². The molecular formula is C12H12N4O. The molecule has 5 nitrogen and oxygen atoms in total. The van der Waals surface area contributed by atoms with Crippen molar-refractivity contribution in [2.24, 2.45) is 0 Å². The van der Waals surface area contributed by atoms with Gasteiger partial charge in [0.15, 0.2) is 5.82 Å². The fourth-order valence-electron chi connectivity index (χ4n) is 1.47. The van der Waals surface area contributed by atoms with Crippen molar-refractivity contribution in [3.05, 3.63) is 41.0 Å². The molecule has 0 amide bonds. The Morgan fingerprint density at radius 1 is 1.41 bits per heavy atom. The summed E-state index contributed by atoms with van der Waals surface area (Å²) in [4.78, 5) is 4.09. The highest BCUT2D eigenvalue weighted by Gasteiger charge is 2.04. The average Bonchev–Trinajstić information content (AvgIpc) is 2.74. The van der Waals surface area contributed by atoms with Crippen LogP contribution in [0.4, 0.5) is 5.69 Å². The number of hydrogen-bond acceptors (Lipinski definition) is 5. The lowest BCUT2D eigenvalue weighted by molar-refractivity contribution is 0.388. The number of aryl methyl sites for hydroxylation is 2. The van der Waals surface area contributed by atoms with Gasteiger partial charge in [0.2, 0.25) is 5.89 Å². The maximum absolute atomic E-state index is 8.82. The molecule has 17 heavy (non-hydrogen) atoms. The molecular weight excluding hydrogens is 216 g/mol. The van der Waals surface area contributed by atoms with Gasteiger partial charge in [0.1, 0.15) is 0 Å². The van der Waals surface area contributed by atoms with Crippen molar-refractivity contribution in [1.82, 2.24) is 10.1 Å². The number of anilines is 1. The standard InChI is InChI=1S/C12H12N4O/c1-8-3-4-10(6-13)5-11(8)14-7-12-15-9(2)17-16-12/h3-5,14H,7H2,1-2H3. The quantitative estimate of drug-likeness (QED) is 0.871. The minimum Gasteiger partial charge on any atom is -0.377 e. The summed E-state index contributed by atoms with van der Waals surface area (Å²) >= 11 is 0. The molecule has 86 valence electrons. The first-order valence-electron chi connectivity index (χ1n) is 5.23. The van der Waals surface area contributed by atoms with E-state index in [9.17, 15) is 0 Å². The van der Waals surface area contributed by atoms with Crippen molar-refractivity contribution >= 4 is 5.69 Å². The fourth-order valence-corrected chi connectivity index (χ4v) is 1.47. The van der Waals surface area contributed by atoms with Crippen LogP contribution in [0.25, 0.3) is 0 Å². The van der Waals surface area contributed by atoms with E-state index in [0.717, 1.165) is 11.3 Å². The Hall–Kier alpha value is -2.35. The summed E-state index contributed by atoms with van der Waals surface area (Å²) in [7, 11) is 0. The molecule has 1 aromatic heterocycles. The summed E-state index contributed by atoms with van der Waals surface area (Å²) in [6, 6.07) is 7.61. The van der Waals surface area contributed by atoms with Gasteiger partial charge in [0, 0.05) is 12.6 Å². The summed E-state index contributed by atoms with van der Waals surface area (Å²) in [5, 5.41) is 15.8. The van der Waals surface area contributed by atoms with Crippen molar-refractivity contribution in [2.45, 2.75) is 20.4 Å². The van der Waals surface area contributed by atoms with Crippen LogP contribution in [0.3, 0.4) is 0 Å². The molecule has 1 aromatic carbocycles. The first-order chi connectivity index (χ1) is 8.19. The van der Waals surface area contributed by atoms with Gasteiger partial charge in [0.25, 0.3) is 0 Å². The average molecular weight is 228 g/mol. The zero-order valence-electron chi connectivity index (χ0n) is 9.69. The normalized spacial score (nSPS) is 9.94. The van der Waals surface area contributed by atoms with Gasteiger partial charge in [0.05, 0.1) is 18.2 Å². The number of aromatic nitrogens is 2. The Morgan fingerprint density at radius 2 is 2.24 bits per heavy atom. The van der Waals surface area contributed by atoms with Gasteiger partial charge >= 0.3 is 0 Å². The van der Waals surface area contributed by atoms with Crippen LogP contribution in [0.1, 0.15) is 22.8 Å². The predicted octanol–water partition coefficient (Wildman–Crippen LogP) is 2.17. The van der Waals surface area contributed by atoms with Crippen LogP contribution in [0.15, 0.2) is 22.7 Å². The SMILES string of the molecule is Cc1nc(CNc2cc(C#N)ccc2C)no1. The van der Waals surface area contributed by atoms with E-state index in [0.29, 0.717) is 23.8 Å². The van der Waals surface area contributed by atoms with Crippen LogP contribution in [-0.2, 0) is 6.54 Å². The van der Waals surface area contributed by atoms with Crippen molar-refractivity contribution in [3.63, 3.8) is 0 Å². The Kier molecular flexibility index (Phi) is 3.06. The topological polar surface area (TPSA) is 74.7 Å². The minimum atomic E-state index is 0.479. The molecule has 5 heteroatoms. The van der Waals surface area contributed by atoms with Crippen LogP contribution in [0, 0.1) is 25.2 Å². The molecule has 0 spiro atoms. The molecule has 0 aliphatic carbocycles. The molecule has 0 aliphatic heterocycles. The molecule has 0 unspecified atom stereocenters. The Morgan fingerprint density at radius 3 is 2.88 bits per heavy atom. The number of nitrogens with zero attached hydrogens (tertiary/aromatic N) is 3. The molecule has 1 N–H and O–H groups in total. The first-order valence-corrected chi connectivity index (χ1v) is 5.23. The van der Waals surface area contributed by atoms with Crippen LogP contribution in [-0.4, -0.2) is 10.1 Å². The lowest BCUT2D eigenvalue weighted by Crippen LogP contribution is -2.03. The second-order valence-electron chi connectivity index (χ2n) is 3.72. The first kappa shape index (κ1) is 11.1. The number of rotatable bonds is 3. The minimum absolute atomic E-state index is 0.479. The van der Waals surface area contributed by atoms with E-state index in [1.54, 1.807) is 13.0 Å². The number of benzene rings is 1. The zero-order chi connectivity index (χ0) is 12.3.